The van der Waals surface area contributed by atoms with Crippen molar-refractivity contribution in [2.24, 2.45) is 0 Å². The van der Waals surface area contributed by atoms with Crippen molar-refractivity contribution in [1.82, 2.24) is 15.6 Å². The number of hydrogen-bond acceptors (Lipinski definition) is 4. The molecule has 17 heavy (non-hydrogen) atoms. The summed E-state index contributed by atoms with van der Waals surface area (Å²) in [6, 6.07) is 4.20. The summed E-state index contributed by atoms with van der Waals surface area (Å²) in [5.41, 5.74) is 0.542. The van der Waals surface area contributed by atoms with Crippen LogP contribution in [0.1, 0.15) is 23.0 Å². The SMILES string of the molecule is CNC(=O)C(C)NC(=O)c1ccc(C#N)cn1. The molecule has 2 N–H and O–H groups in total. The summed E-state index contributed by atoms with van der Waals surface area (Å²) in [6.07, 6.45) is 1.31. The second-order valence-corrected chi connectivity index (χ2v) is 3.35. The van der Waals surface area contributed by atoms with E-state index >= 15 is 0 Å². The van der Waals surface area contributed by atoms with Gasteiger partial charge in [-0.05, 0) is 19.1 Å². The highest BCUT2D eigenvalue weighted by Gasteiger charge is 2.15. The van der Waals surface area contributed by atoms with Crippen molar-refractivity contribution in [2.45, 2.75) is 13.0 Å². The van der Waals surface area contributed by atoms with Crippen LogP contribution in [0, 0.1) is 11.3 Å². The predicted octanol–water partition coefficient (Wildman–Crippen LogP) is -0.182. The van der Waals surface area contributed by atoms with Gasteiger partial charge in [0.05, 0.1) is 5.56 Å². The van der Waals surface area contributed by atoms with Crippen LogP contribution in [0.2, 0.25) is 0 Å². The molecule has 0 aromatic carbocycles. The van der Waals surface area contributed by atoms with Crippen LogP contribution >= 0.6 is 0 Å². The Morgan fingerprint density at radius 3 is 2.65 bits per heavy atom. The van der Waals surface area contributed by atoms with Gasteiger partial charge in [-0.1, -0.05) is 0 Å². The molecular weight excluding hydrogens is 220 g/mol. The monoisotopic (exact) mass is 232 g/mol. The lowest BCUT2D eigenvalue weighted by Gasteiger charge is -2.11. The molecule has 0 aliphatic carbocycles. The number of nitrogens with zero attached hydrogens (tertiary/aromatic N) is 2. The van der Waals surface area contributed by atoms with Gasteiger partial charge in [0, 0.05) is 13.2 Å². The number of carbonyl (C=O) groups excluding carboxylic acids is 2. The Hall–Kier alpha value is -2.42. The lowest BCUT2D eigenvalue weighted by molar-refractivity contribution is -0.122. The molecule has 1 heterocycles. The van der Waals surface area contributed by atoms with Gasteiger partial charge in [-0.25, -0.2) is 4.98 Å². The normalized spacial score (nSPS) is 11.1. The molecular formula is C11H12N4O2. The molecule has 2 amide bonds. The number of hydrogen-bond donors (Lipinski definition) is 2. The largest absolute Gasteiger partial charge is 0.357 e. The summed E-state index contributed by atoms with van der Waals surface area (Å²) in [5, 5.41) is 13.5. The van der Waals surface area contributed by atoms with Gasteiger partial charge < -0.3 is 10.6 Å². The number of aromatic nitrogens is 1. The van der Waals surface area contributed by atoms with Crippen LogP contribution in [-0.2, 0) is 4.79 Å². The van der Waals surface area contributed by atoms with E-state index in [-0.39, 0.29) is 11.6 Å². The zero-order valence-electron chi connectivity index (χ0n) is 9.52. The molecule has 6 heteroatoms. The van der Waals surface area contributed by atoms with Gasteiger partial charge in [0.2, 0.25) is 5.91 Å². The lowest BCUT2D eigenvalue weighted by Crippen LogP contribution is -2.43. The number of nitrogens with one attached hydrogen (secondary N) is 2. The lowest BCUT2D eigenvalue weighted by atomic mass is 10.2. The van der Waals surface area contributed by atoms with Crippen molar-refractivity contribution in [3.63, 3.8) is 0 Å². The molecule has 0 spiro atoms. The average molecular weight is 232 g/mol. The molecule has 0 aliphatic heterocycles. The molecule has 0 bridgehead atoms. The highest BCUT2D eigenvalue weighted by atomic mass is 16.2. The third kappa shape index (κ3) is 3.28. The fraction of sp³-hybridized carbons (Fsp3) is 0.273. The summed E-state index contributed by atoms with van der Waals surface area (Å²) >= 11 is 0. The number of carbonyl (C=O) groups is 2. The van der Waals surface area contributed by atoms with Gasteiger partial charge in [0.1, 0.15) is 17.8 Å². The summed E-state index contributed by atoms with van der Waals surface area (Å²) in [4.78, 5) is 26.6. The van der Waals surface area contributed by atoms with E-state index in [1.54, 1.807) is 6.92 Å². The van der Waals surface area contributed by atoms with Gasteiger partial charge in [-0.15, -0.1) is 0 Å². The van der Waals surface area contributed by atoms with Crippen LogP contribution < -0.4 is 10.6 Å². The molecule has 0 saturated heterocycles. The Kier molecular flexibility index (Phi) is 4.17. The van der Waals surface area contributed by atoms with E-state index in [1.807, 2.05) is 6.07 Å². The minimum Gasteiger partial charge on any atom is -0.357 e. The van der Waals surface area contributed by atoms with E-state index < -0.39 is 11.9 Å². The van der Waals surface area contributed by atoms with Gasteiger partial charge in [-0.2, -0.15) is 5.26 Å². The molecule has 0 aliphatic rings. The van der Waals surface area contributed by atoms with E-state index in [4.69, 9.17) is 5.26 Å². The molecule has 1 unspecified atom stereocenters. The van der Waals surface area contributed by atoms with Crippen LogP contribution in [0.25, 0.3) is 0 Å². The van der Waals surface area contributed by atoms with Crippen molar-refractivity contribution in [1.29, 1.82) is 5.26 Å². The summed E-state index contributed by atoms with van der Waals surface area (Å²) in [6.45, 7) is 1.57. The zero-order chi connectivity index (χ0) is 12.8. The topological polar surface area (TPSA) is 94.9 Å². The Bertz CT molecular complexity index is 461. The van der Waals surface area contributed by atoms with Gasteiger partial charge in [-0.3, -0.25) is 9.59 Å². The molecule has 88 valence electrons. The second-order valence-electron chi connectivity index (χ2n) is 3.35. The van der Waals surface area contributed by atoms with Gasteiger partial charge in [0.25, 0.3) is 5.91 Å². The highest BCUT2D eigenvalue weighted by molar-refractivity contribution is 5.95. The van der Waals surface area contributed by atoms with Crippen molar-refractivity contribution < 1.29 is 9.59 Å². The summed E-state index contributed by atoms with van der Waals surface area (Å²) in [5.74, 6) is -0.738. The van der Waals surface area contributed by atoms with Crippen LogP contribution in [0.4, 0.5) is 0 Å². The van der Waals surface area contributed by atoms with Crippen molar-refractivity contribution in [3.05, 3.63) is 29.6 Å². The molecule has 0 radical (unpaired) electrons. The van der Waals surface area contributed by atoms with Gasteiger partial charge >= 0.3 is 0 Å². The molecule has 1 atom stereocenters. The maximum absolute atomic E-state index is 11.6. The minimum absolute atomic E-state index is 0.166. The standard InChI is InChI=1S/C11H12N4O2/c1-7(10(16)13-2)15-11(17)9-4-3-8(5-12)6-14-9/h3-4,6-7H,1-2H3,(H,13,16)(H,15,17). The average Bonchev–Trinajstić information content (AvgIpc) is 2.37. The first kappa shape index (κ1) is 12.6. The van der Waals surface area contributed by atoms with Crippen molar-refractivity contribution in [3.8, 4) is 6.07 Å². The summed E-state index contributed by atoms with van der Waals surface area (Å²) in [7, 11) is 1.49. The Morgan fingerprint density at radius 1 is 1.47 bits per heavy atom. The second kappa shape index (κ2) is 5.61. The van der Waals surface area contributed by atoms with E-state index in [0.29, 0.717) is 5.56 Å². The number of amides is 2. The van der Waals surface area contributed by atoms with E-state index in [0.717, 1.165) is 0 Å². The predicted molar refractivity (Wildman–Crippen MR) is 59.9 cm³/mol. The zero-order valence-corrected chi connectivity index (χ0v) is 9.52. The molecule has 6 nitrogen and oxygen atoms in total. The van der Waals surface area contributed by atoms with E-state index in [2.05, 4.69) is 15.6 Å². The fourth-order valence-electron chi connectivity index (χ4n) is 1.15. The first-order valence-corrected chi connectivity index (χ1v) is 4.97. The van der Waals surface area contributed by atoms with E-state index in [9.17, 15) is 9.59 Å². The third-order valence-corrected chi connectivity index (χ3v) is 2.11. The maximum Gasteiger partial charge on any atom is 0.270 e. The number of likely N-dealkylation sites (N-methyl/N-ethyl adjacent to an activating group) is 1. The highest BCUT2D eigenvalue weighted by Crippen LogP contribution is 1.99. The molecule has 0 saturated carbocycles. The van der Waals surface area contributed by atoms with E-state index in [1.165, 1.54) is 25.4 Å². The Labute approximate surface area is 98.7 Å². The third-order valence-electron chi connectivity index (χ3n) is 2.11. The molecule has 1 rings (SSSR count). The maximum atomic E-state index is 11.6. The quantitative estimate of drug-likeness (QED) is 0.755. The van der Waals surface area contributed by atoms with Gasteiger partial charge in [0.15, 0.2) is 0 Å². The van der Waals surface area contributed by atoms with Crippen LogP contribution in [-0.4, -0.2) is 29.9 Å². The molecule has 1 aromatic rings. The van der Waals surface area contributed by atoms with Crippen LogP contribution in [0.5, 0.6) is 0 Å². The number of nitriles is 1. The summed E-state index contributed by atoms with van der Waals surface area (Å²) < 4.78 is 0. The first-order valence-electron chi connectivity index (χ1n) is 4.97. The molecule has 1 aromatic heterocycles. The molecule has 0 fully saturated rings. The Morgan fingerprint density at radius 2 is 2.18 bits per heavy atom. The number of rotatable bonds is 3. The van der Waals surface area contributed by atoms with Crippen molar-refractivity contribution >= 4 is 11.8 Å². The minimum atomic E-state index is -0.634. The first-order chi connectivity index (χ1) is 8.08. The smallest absolute Gasteiger partial charge is 0.270 e. The number of pyridine rings is 1. The Balaban J connectivity index is 2.70. The van der Waals surface area contributed by atoms with Crippen molar-refractivity contribution in [2.75, 3.05) is 7.05 Å². The van der Waals surface area contributed by atoms with Crippen LogP contribution in [0.3, 0.4) is 0 Å². The van der Waals surface area contributed by atoms with Crippen LogP contribution in [0.15, 0.2) is 18.3 Å². The fourth-order valence-corrected chi connectivity index (χ4v) is 1.15.